The number of carbonyl (C=O) groups excluding carboxylic acids is 1. The summed E-state index contributed by atoms with van der Waals surface area (Å²) in [6.07, 6.45) is 6.13. The van der Waals surface area contributed by atoms with Crippen molar-refractivity contribution in [3.05, 3.63) is 89.7 Å². The van der Waals surface area contributed by atoms with Gasteiger partial charge in [0.2, 0.25) is 0 Å². The first-order valence-corrected chi connectivity index (χ1v) is 13.4. The molecule has 0 aliphatic carbocycles. The molecule has 1 unspecified atom stereocenters. The summed E-state index contributed by atoms with van der Waals surface area (Å²) >= 11 is 0. The SMILES string of the molecule is CNCCC(Oc1ccc(OC)cc1)c1ccc(C(=O)CCC2CCN(Cc3ccccc3)CC2)cn1. The highest BCUT2D eigenvalue weighted by Gasteiger charge is 2.21. The predicted octanol–water partition coefficient (Wildman–Crippen LogP) is 5.69. The van der Waals surface area contributed by atoms with E-state index in [4.69, 9.17) is 9.47 Å². The molecule has 6 nitrogen and oxygen atoms in total. The molecule has 1 aliphatic rings. The van der Waals surface area contributed by atoms with Gasteiger partial charge >= 0.3 is 0 Å². The molecule has 196 valence electrons. The molecule has 1 atom stereocenters. The number of piperidine rings is 1. The minimum Gasteiger partial charge on any atom is -0.497 e. The molecule has 0 bridgehead atoms. The first-order chi connectivity index (χ1) is 18.1. The van der Waals surface area contributed by atoms with Gasteiger partial charge < -0.3 is 14.8 Å². The summed E-state index contributed by atoms with van der Waals surface area (Å²) in [6, 6.07) is 22.0. The summed E-state index contributed by atoms with van der Waals surface area (Å²) in [5, 5.41) is 3.18. The Kier molecular flexibility index (Phi) is 10.1. The number of nitrogens with one attached hydrogen (secondary N) is 1. The number of aromatic nitrogens is 1. The van der Waals surface area contributed by atoms with Gasteiger partial charge in [-0.25, -0.2) is 0 Å². The van der Waals surface area contributed by atoms with Gasteiger partial charge in [0, 0.05) is 31.1 Å². The van der Waals surface area contributed by atoms with E-state index in [0.29, 0.717) is 17.9 Å². The molecule has 1 aromatic heterocycles. The second-order valence-electron chi connectivity index (χ2n) is 9.81. The number of ether oxygens (including phenoxy) is 2. The predicted molar refractivity (Wildman–Crippen MR) is 147 cm³/mol. The molecule has 6 heteroatoms. The van der Waals surface area contributed by atoms with Crippen molar-refractivity contribution in [2.75, 3.05) is 33.8 Å². The number of rotatable bonds is 13. The fourth-order valence-corrected chi connectivity index (χ4v) is 4.88. The van der Waals surface area contributed by atoms with Gasteiger partial charge in [-0.05, 0) is 93.8 Å². The zero-order chi connectivity index (χ0) is 25.9. The average molecular weight is 502 g/mol. The van der Waals surface area contributed by atoms with E-state index in [1.165, 1.54) is 5.56 Å². The normalized spacial score (nSPS) is 15.3. The topological polar surface area (TPSA) is 63.7 Å². The number of hydrogen-bond donors (Lipinski definition) is 1. The summed E-state index contributed by atoms with van der Waals surface area (Å²) in [4.78, 5) is 20.0. The number of hydrogen-bond acceptors (Lipinski definition) is 6. The van der Waals surface area contributed by atoms with E-state index in [9.17, 15) is 4.79 Å². The molecule has 0 amide bonds. The average Bonchev–Trinajstić information content (AvgIpc) is 2.95. The van der Waals surface area contributed by atoms with Crippen molar-refractivity contribution in [1.82, 2.24) is 15.2 Å². The van der Waals surface area contributed by atoms with Crippen LogP contribution in [0.3, 0.4) is 0 Å². The van der Waals surface area contributed by atoms with Crippen LogP contribution >= 0.6 is 0 Å². The summed E-state index contributed by atoms with van der Waals surface area (Å²) in [6.45, 7) is 4.02. The Hall–Kier alpha value is -3.22. The molecule has 1 fully saturated rings. The van der Waals surface area contributed by atoms with Crippen LogP contribution < -0.4 is 14.8 Å². The third-order valence-corrected chi connectivity index (χ3v) is 7.17. The van der Waals surface area contributed by atoms with Crippen LogP contribution in [0.2, 0.25) is 0 Å². The third-order valence-electron chi connectivity index (χ3n) is 7.17. The lowest BCUT2D eigenvalue weighted by atomic mass is 9.90. The van der Waals surface area contributed by atoms with Crippen LogP contribution in [0.25, 0.3) is 0 Å². The van der Waals surface area contributed by atoms with E-state index in [1.54, 1.807) is 13.3 Å². The third kappa shape index (κ3) is 8.14. The Labute approximate surface area is 221 Å². The van der Waals surface area contributed by atoms with Gasteiger partial charge in [0.1, 0.15) is 17.6 Å². The Morgan fingerprint density at radius 2 is 1.76 bits per heavy atom. The number of Topliss-reactive ketones (excluding diaryl/α,β-unsaturated/α-hetero) is 1. The van der Waals surface area contributed by atoms with Gasteiger partial charge in [-0.1, -0.05) is 30.3 Å². The monoisotopic (exact) mass is 501 g/mol. The maximum Gasteiger partial charge on any atom is 0.164 e. The van der Waals surface area contributed by atoms with Crippen molar-refractivity contribution < 1.29 is 14.3 Å². The van der Waals surface area contributed by atoms with Crippen molar-refractivity contribution in [2.45, 2.75) is 44.8 Å². The van der Waals surface area contributed by atoms with E-state index in [0.717, 1.165) is 69.1 Å². The number of nitrogens with zero attached hydrogens (tertiary/aromatic N) is 2. The van der Waals surface area contributed by atoms with Crippen LogP contribution in [0.5, 0.6) is 11.5 Å². The Morgan fingerprint density at radius 3 is 2.41 bits per heavy atom. The lowest BCUT2D eigenvalue weighted by molar-refractivity contribution is 0.0960. The van der Waals surface area contributed by atoms with Gasteiger partial charge in [-0.3, -0.25) is 14.7 Å². The van der Waals surface area contributed by atoms with E-state index < -0.39 is 0 Å². The van der Waals surface area contributed by atoms with Crippen molar-refractivity contribution in [3.63, 3.8) is 0 Å². The van der Waals surface area contributed by atoms with Gasteiger partial charge in [-0.2, -0.15) is 0 Å². The standard InChI is InChI=1S/C31H39N3O3/c1-32-19-16-31(37-28-12-10-27(36-2)11-13-28)29-14-9-26(22-33-29)30(35)15-8-24-17-20-34(21-18-24)23-25-6-4-3-5-7-25/h3-7,9-14,22,24,31-32H,8,15-21,23H2,1-2H3. The molecule has 1 N–H and O–H groups in total. The van der Waals surface area contributed by atoms with Gasteiger partial charge in [-0.15, -0.1) is 0 Å². The van der Waals surface area contributed by atoms with E-state index in [2.05, 4.69) is 45.5 Å². The van der Waals surface area contributed by atoms with Crippen LogP contribution in [0.1, 0.15) is 59.8 Å². The summed E-state index contributed by atoms with van der Waals surface area (Å²) < 4.78 is 11.5. The van der Waals surface area contributed by atoms with Gasteiger partial charge in [0.15, 0.2) is 5.78 Å². The Bertz CT molecular complexity index is 1080. The molecule has 1 aliphatic heterocycles. The van der Waals surface area contributed by atoms with Crippen LogP contribution in [-0.2, 0) is 6.54 Å². The number of ketones is 1. The van der Waals surface area contributed by atoms with Crippen LogP contribution in [0.4, 0.5) is 0 Å². The van der Waals surface area contributed by atoms with Crippen molar-refractivity contribution in [1.29, 1.82) is 0 Å². The Morgan fingerprint density at radius 1 is 1.03 bits per heavy atom. The summed E-state index contributed by atoms with van der Waals surface area (Å²) in [5.74, 6) is 2.34. The van der Waals surface area contributed by atoms with E-state index >= 15 is 0 Å². The molecule has 0 saturated carbocycles. The number of pyridine rings is 1. The fourth-order valence-electron chi connectivity index (χ4n) is 4.88. The second kappa shape index (κ2) is 13.9. The molecule has 0 spiro atoms. The minimum absolute atomic E-state index is 0.175. The van der Waals surface area contributed by atoms with Gasteiger partial charge in [0.25, 0.3) is 0 Å². The zero-order valence-electron chi connectivity index (χ0n) is 22.1. The maximum atomic E-state index is 12.9. The minimum atomic E-state index is -0.203. The zero-order valence-corrected chi connectivity index (χ0v) is 22.1. The largest absolute Gasteiger partial charge is 0.497 e. The molecule has 2 aromatic carbocycles. The Balaban J connectivity index is 1.26. The van der Waals surface area contributed by atoms with E-state index in [1.807, 2.05) is 43.4 Å². The highest BCUT2D eigenvalue weighted by Crippen LogP contribution is 2.27. The quantitative estimate of drug-likeness (QED) is 0.303. The molecule has 2 heterocycles. The van der Waals surface area contributed by atoms with Crippen molar-refractivity contribution in [3.8, 4) is 11.5 Å². The first kappa shape index (κ1) is 26.8. The van der Waals surface area contributed by atoms with Crippen molar-refractivity contribution in [2.24, 2.45) is 5.92 Å². The number of carbonyl (C=O) groups is 1. The number of likely N-dealkylation sites (tertiary alicyclic amines) is 1. The highest BCUT2D eigenvalue weighted by atomic mass is 16.5. The van der Waals surface area contributed by atoms with Crippen LogP contribution in [0, 0.1) is 5.92 Å². The fraction of sp³-hybridized carbons (Fsp3) is 0.419. The molecule has 1 saturated heterocycles. The van der Waals surface area contributed by atoms with Crippen LogP contribution in [0.15, 0.2) is 72.9 Å². The lowest BCUT2D eigenvalue weighted by Gasteiger charge is -2.32. The number of benzene rings is 2. The molecule has 37 heavy (non-hydrogen) atoms. The molecular formula is C31H39N3O3. The summed E-state index contributed by atoms with van der Waals surface area (Å²) in [7, 11) is 3.57. The molecular weight excluding hydrogens is 462 g/mol. The number of methoxy groups -OCH3 is 1. The lowest BCUT2D eigenvalue weighted by Crippen LogP contribution is -2.33. The molecule has 4 rings (SSSR count). The summed E-state index contributed by atoms with van der Waals surface area (Å²) in [5.41, 5.74) is 2.88. The van der Waals surface area contributed by atoms with Crippen molar-refractivity contribution >= 4 is 5.78 Å². The second-order valence-corrected chi connectivity index (χ2v) is 9.81. The maximum absolute atomic E-state index is 12.9. The van der Waals surface area contributed by atoms with Gasteiger partial charge in [0.05, 0.1) is 12.8 Å². The smallest absolute Gasteiger partial charge is 0.164 e. The molecule has 3 aromatic rings. The first-order valence-electron chi connectivity index (χ1n) is 13.4. The molecule has 0 radical (unpaired) electrons. The van der Waals surface area contributed by atoms with Crippen LogP contribution in [-0.4, -0.2) is 49.5 Å². The van der Waals surface area contributed by atoms with E-state index in [-0.39, 0.29) is 11.9 Å². The highest BCUT2D eigenvalue weighted by molar-refractivity contribution is 5.95.